The van der Waals surface area contributed by atoms with Crippen LogP contribution in [0, 0.1) is 30.6 Å². The van der Waals surface area contributed by atoms with Gasteiger partial charge in [0.2, 0.25) is 0 Å². The number of benzene rings is 2. The molecule has 8 nitrogen and oxygen atoms in total. The van der Waals surface area contributed by atoms with Gasteiger partial charge >= 0.3 is 5.97 Å². The highest BCUT2D eigenvalue weighted by atomic mass is 32.2. The topological polar surface area (TPSA) is 112 Å². The number of methoxy groups -OCH3 is 1. The van der Waals surface area contributed by atoms with Crippen LogP contribution in [-0.2, 0) is 16.1 Å². The third kappa shape index (κ3) is 5.98. The van der Waals surface area contributed by atoms with Crippen LogP contribution in [0.1, 0.15) is 18.4 Å². The number of pyridine rings is 1. The minimum atomic E-state index is -0.508. The van der Waals surface area contributed by atoms with E-state index in [0.29, 0.717) is 24.0 Å². The van der Waals surface area contributed by atoms with Crippen molar-refractivity contribution in [2.45, 2.75) is 36.1 Å². The predicted molar refractivity (Wildman–Crippen MR) is 149 cm³/mol. The van der Waals surface area contributed by atoms with E-state index in [0.717, 1.165) is 44.8 Å². The predicted octanol–water partition coefficient (Wildman–Crippen LogP) is 4.78. The molecule has 0 amide bonds. The fraction of sp³-hybridized carbons (Fsp3) is 0.241. The van der Waals surface area contributed by atoms with E-state index < -0.39 is 5.97 Å². The Bertz CT molecular complexity index is 1640. The number of hydrogen-bond acceptors (Lipinski definition) is 8. The summed E-state index contributed by atoms with van der Waals surface area (Å²) in [4.78, 5) is 34.5. The van der Waals surface area contributed by atoms with Crippen LogP contribution in [-0.4, -0.2) is 27.6 Å². The number of aryl methyl sites for hydroxylation is 2. The first-order valence-corrected chi connectivity index (χ1v) is 13.1. The third-order valence-electron chi connectivity index (χ3n) is 6.50. The normalized spacial score (nSPS) is 15.9. The molecule has 2 unspecified atom stereocenters. The molecule has 4 aromatic rings. The number of aromatic nitrogens is 3. The molecule has 5 rings (SSSR count). The monoisotopic (exact) mass is 525 g/mol. The van der Waals surface area contributed by atoms with Gasteiger partial charge in [-0.25, -0.2) is 14.8 Å². The molecular formula is C29H27N5O3S. The second-order valence-corrected chi connectivity index (χ2v) is 10.4. The van der Waals surface area contributed by atoms with E-state index in [2.05, 4.69) is 37.9 Å². The van der Waals surface area contributed by atoms with Crippen molar-refractivity contribution >= 4 is 45.8 Å². The molecule has 0 bridgehead atoms. The Kier molecular flexibility index (Phi) is 7.33. The van der Waals surface area contributed by atoms with E-state index in [-0.39, 0.29) is 11.5 Å². The molecule has 2 atom stereocenters. The summed E-state index contributed by atoms with van der Waals surface area (Å²) in [6.07, 6.45) is 5.19. The Morgan fingerprint density at radius 2 is 2.08 bits per heavy atom. The van der Waals surface area contributed by atoms with Gasteiger partial charge in [0, 0.05) is 57.2 Å². The molecule has 3 N–H and O–H groups in total. The molecule has 38 heavy (non-hydrogen) atoms. The van der Waals surface area contributed by atoms with Crippen molar-refractivity contribution in [3.63, 3.8) is 0 Å². The second kappa shape index (κ2) is 11.0. The molecule has 0 spiro atoms. The van der Waals surface area contributed by atoms with Gasteiger partial charge < -0.3 is 20.4 Å². The van der Waals surface area contributed by atoms with Crippen molar-refractivity contribution in [3.05, 3.63) is 77.0 Å². The molecule has 2 heterocycles. The van der Waals surface area contributed by atoms with E-state index in [4.69, 9.17) is 5.73 Å². The highest BCUT2D eigenvalue weighted by molar-refractivity contribution is 7.99. The number of rotatable bonds is 7. The van der Waals surface area contributed by atoms with Crippen molar-refractivity contribution in [2.75, 3.05) is 18.2 Å². The van der Waals surface area contributed by atoms with E-state index >= 15 is 0 Å². The smallest absolute Gasteiger partial charge is 0.384 e. The van der Waals surface area contributed by atoms with Crippen LogP contribution in [0.5, 0.6) is 0 Å². The quantitative estimate of drug-likeness (QED) is 0.153. The lowest BCUT2D eigenvalue weighted by molar-refractivity contribution is -0.133. The molecule has 1 fully saturated rings. The lowest BCUT2D eigenvalue weighted by Crippen LogP contribution is -2.18. The standard InChI is InChI=1S/C29H27N5O3S/c1-18-13-22(33-29-24-15-21(30)4-6-25(24)31-17-32-29)5-7-26(18)38-23-10-12-34(27(35)16-23)11-9-20-14-19(20)3-8-28(36)37-2/h4-7,10,12-13,15-17,19-20H,9,11,14,30H2,1-2H3,(H,31,32,33). The van der Waals surface area contributed by atoms with E-state index in [1.54, 1.807) is 22.4 Å². The number of nitrogen functional groups attached to an aromatic ring is 1. The van der Waals surface area contributed by atoms with Crippen LogP contribution >= 0.6 is 11.8 Å². The molecular weight excluding hydrogens is 498 g/mol. The van der Waals surface area contributed by atoms with Crippen molar-refractivity contribution in [1.82, 2.24) is 14.5 Å². The van der Waals surface area contributed by atoms with Gasteiger partial charge in [0.05, 0.1) is 12.6 Å². The van der Waals surface area contributed by atoms with Crippen molar-refractivity contribution in [3.8, 4) is 11.8 Å². The highest BCUT2D eigenvalue weighted by Crippen LogP contribution is 2.41. The van der Waals surface area contributed by atoms with Crippen molar-refractivity contribution in [2.24, 2.45) is 11.8 Å². The van der Waals surface area contributed by atoms with Gasteiger partial charge in [-0.05, 0) is 73.7 Å². The summed E-state index contributed by atoms with van der Waals surface area (Å²) in [5, 5.41) is 4.23. The van der Waals surface area contributed by atoms with Crippen LogP contribution in [0.2, 0.25) is 0 Å². The number of anilines is 3. The molecule has 0 radical (unpaired) electrons. The van der Waals surface area contributed by atoms with Crippen molar-refractivity contribution < 1.29 is 9.53 Å². The summed E-state index contributed by atoms with van der Waals surface area (Å²) in [7, 11) is 1.32. The maximum atomic E-state index is 12.7. The Labute approximate surface area is 224 Å². The van der Waals surface area contributed by atoms with Crippen LogP contribution in [0.4, 0.5) is 17.2 Å². The van der Waals surface area contributed by atoms with Gasteiger partial charge in [-0.1, -0.05) is 17.7 Å². The summed E-state index contributed by atoms with van der Waals surface area (Å²) in [6, 6.07) is 15.3. The second-order valence-electron chi connectivity index (χ2n) is 9.25. The molecule has 1 aliphatic carbocycles. The summed E-state index contributed by atoms with van der Waals surface area (Å²) in [5.74, 6) is 6.26. The average Bonchev–Trinajstić information content (AvgIpc) is 3.67. The zero-order chi connectivity index (χ0) is 26.6. The average molecular weight is 526 g/mol. The Morgan fingerprint density at radius 3 is 2.87 bits per heavy atom. The number of carbonyl (C=O) groups excluding carboxylic acids is 1. The number of carbonyl (C=O) groups is 1. The van der Waals surface area contributed by atoms with Gasteiger partial charge in [0.15, 0.2) is 0 Å². The largest absolute Gasteiger partial charge is 0.459 e. The maximum Gasteiger partial charge on any atom is 0.384 e. The fourth-order valence-electron chi connectivity index (χ4n) is 4.27. The molecule has 0 aliphatic heterocycles. The summed E-state index contributed by atoms with van der Waals surface area (Å²) < 4.78 is 6.27. The molecule has 1 saturated carbocycles. The molecule has 0 saturated heterocycles. The Balaban J connectivity index is 1.21. The Hall–Kier alpha value is -4.29. The molecule has 192 valence electrons. The number of ether oxygens (including phenoxy) is 1. The number of nitrogens with two attached hydrogens (primary N) is 1. The van der Waals surface area contributed by atoms with E-state index in [1.165, 1.54) is 13.4 Å². The molecule has 2 aromatic heterocycles. The van der Waals surface area contributed by atoms with Crippen LogP contribution in [0.3, 0.4) is 0 Å². The summed E-state index contributed by atoms with van der Waals surface area (Å²) >= 11 is 1.56. The van der Waals surface area contributed by atoms with Crippen LogP contribution in [0.25, 0.3) is 10.9 Å². The van der Waals surface area contributed by atoms with Crippen LogP contribution in [0.15, 0.2) is 75.6 Å². The fourth-order valence-corrected chi connectivity index (χ4v) is 5.17. The lowest BCUT2D eigenvalue weighted by atomic mass is 10.2. The molecule has 9 heteroatoms. The molecule has 2 aromatic carbocycles. The first-order chi connectivity index (χ1) is 18.4. The number of nitrogens with zero attached hydrogens (tertiary/aromatic N) is 3. The van der Waals surface area contributed by atoms with Gasteiger partial charge in [-0.15, -0.1) is 0 Å². The van der Waals surface area contributed by atoms with E-state index in [1.807, 2.05) is 49.5 Å². The Morgan fingerprint density at radius 1 is 1.21 bits per heavy atom. The minimum Gasteiger partial charge on any atom is -0.459 e. The van der Waals surface area contributed by atoms with Crippen LogP contribution < -0.4 is 16.6 Å². The van der Waals surface area contributed by atoms with Gasteiger partial charge in [0.25, 0.3) is 5.56 Å². The zero-order valence-corrected chi connectivity index (χ0v) is 21.9. The number of esters is 1. The first-order valence-electron chi connectivity index (χ1n) is 12.3. The van der Waals surface area contributed by atoms with Gasteiger partial charge in [0.1, 0.15) is 12.1 Å². The first kappa shape index (κ1) is 25.4. The van der Waals surface area contributed by atoms with Crippen molar-refractivity contribution in [1.29, 1.82) is 0 Å². The molecule has 1 aliphatic rings. The number of nitrogens with one attached hydrogen (secondary N) is 1. The summed E-state index contributed by atoms with van der Waals surface area (Å²) in [6.45, 7) is 2.67. The minimum absolute atomic E-state index is 0.0290. The van der Waals surface area contributed by atoms with E-state index in [9.17, 15) is 9.59 Å². The third-order valence-corrected chi connectivity index (χ3v) is 7.67. The SMILES string of the molecule is COC(=O)C#CC1CC1CCn1ccc(Sc2ccc(Nc3ncnc4ccc(N)cc34)cc2C)cc1=O. The number of fused-ring (bicyclic) bond motifs is 1. The van der Waals surface area contributed by atoms with Gasteiger partial charge in [-0.3, -0.25) is 4.79 Å². The maximum absolute atomic E-state index is 12.7. The summed E-state index contributed by atoms with van der Waals surface area (Å²) in [5.41, 5.74) is 9.38. The lowest BCUT2D eigenvalue weighted by Gasteiger charge is -2.12. The van der Waals surface area contributed by atoms with Gasteiger partial charge in [-0.2, -0.15) is 0 Å². The zero-order valence-electron chi connectivity index (χ0n) is 21.1. The highest BCUT2D eigenvalue weighted by Gasteiger charge is 2.35. The number of hydrogen-bond donors (Lipinski definition) is 2.